The summed E-state index contributed by atoms with van der Waals surface area (Å²) < 4.78 is 46.2. The van der Waals surface area contributed by atoms with E-state index >= 15 is 0 Å². The van der Waals surface area contributed by atoms with Crippen molar-refractivity contribution in [1.29, 1.82) is 0 Å². The van der Waals surface area contributed by atoms with Crippen LogP contribution in [0.1, 0.15) is 20.3 Å². The van der Waals surface area contributed by atoms with Crippen LogP contribution in [-0.4, -0.2) is 50.0 Å². The number of nitrogens with one attached hydrogen (secondary N) is 1. The molecule has 104 valence electrons. The maximum absolute atomic E-state index is 11.9. The van der Waals surface area contributed by atoms with Crippen molar-refractivity contribution in [2.75, 3.05) is 26.3 Å². The lowest BCUT2D eigenvalue weighted by Crippen LogP contribution is -2.39. The van der Waals surface area contributed by atoms with Gasteiger partial charge in [-0.2, -0.15) is 13.2 Å². The van der Waals surface area contributed by atoms with Crippen LogP contribution in [0.2, 0.25) is 0 Å². The van der Waals surface area contributed by atoms with Crippen LogP contribution in [0.4, 0.5) is 13.2 Å². The molecule has 0 aromatic carbocycles. The van der Waals surface area contributed by atoms with Gasteiger partial charge in [-0.05, 0) is 13.8 Å². The van der Waals surface area contributed by atoms with Gasteiger partial charge in [-0.3, -0.25) is 0 Å². The first-order chi connectivity index (χ1) is 7.91. The number of alkyl halides is 3. The third kappa shape index (κ3) is 8.37. The van der Waals surface area contributed by atoms with Gasteiger partial charge in [0.25, 0.3) is 0 Å². The number of halogens is 3. The van der Waals surface area contributed by atoms with Crippen molar-refractivity contribution in [3.63, 3.8) is 0 Å². The molecule has 0 bridgehead atoms. The van der Waals surface area contributed by atoms with Crippen molar-refractivity contribution in [2.24, 2.45) is 0 Å². The zero-order chi connectivity index (χ0) is 13.3. The zero-order valence-electron chi connectivity index (χ0n) is 10.1. The highest BCUT2D eigenvalue weighted by Crippen LogP contribution is 2.19. The minimum Gasteiger partial charge on any atom is -0.382 e. The fraction of sp³-hybridized carbons (Fsp3) is 1.00. The second-order valence-corrected chi connectivity index (χ2v) is 3.39. The van der Waals surface area contributed by atoms with Crippen LogP contribution >= 0.6 is 0 Å². The molecular weight excluding hydrogens is 239 g/mol. The highest BCUT2D eigenvalue weighted by molar-refractivity contribution is 4.67. The maximum atomic E-state index is 11.9. The van der Waals surface area contributed by atoms with Crippen LogP contribution in [0.15, 0.2) is 0 Å². The van der Waals surface area contributed by atoms with Crippen molar-refractivity contribution in [1.82, 2.24) is 5.32 Å². The van der Waals surface area contributed by atoms with Gasteiger partial charge >= 0.3 is 6.18 Å². The summed E-state index contributed by atoms with van der Waals surface area (Å²) >= 11 is 0. The first-order valence-corrected chi connectivity index (χ1v) is 5.60. The molecule has 0 amide bonds. The van der Waals surface area contributed by atoms with E-state index in [1.165, 1.54) is 0 Å². The van der Waals surface area contributed by atoms with Crippen molar-refractivity contribution in [2.45, 2.75) is 38.8 Å². The van der Waals surface area contributed by atoms with Gasteiger partial charge in [0, 0.05) is 32.7 Å². The van der Waals surface area contributed by atoms with Crippen LogP contribution < -0.4 is 5.32 Å². The van der Waals surface area contributed by atoms with E-state index in [4.69, 9.17) is 14.6 Å². The van der Waals surface area contributed by atoms with Gasteiger partial charge in [-0.25, -0.2) is 0 Å². The fourth-order valence-electron chi connectivity index (χ4n) is 1.16. The average molecular weight is 259 g/mol. The van der Waals surface area contributed by atoms with Gasteiger partial charge < -0.3 is 19.9 Å². The Morgan fingerprint density at radius 1 is 1.18 bits per heavy atom. The number of aliphatic hydroxyl groups is 1. The van der Waals surface area contributed by atoms with Gasteiger partial charge in [0.1, 0.15) is 0 Å². The Bertz CT molecular complexity index is 184. The molecule has 0 spiro atoms. The molecule has 0 aliphatic heterocycles. The lowest BCUT2D eigenvalue weighted by atomic mass is 10.3. The number of aliphatic hydroxyl groups excluding tert-OH is 1. The molecule has 0 aromatic rings. The quantitative estimate of drug-likeness (QED) is 0.484. The van der Waals surface area contributed by atoms with E-state index in [1.807, 2.05) is 13.8 Å². The number of ether oxygens (including phenoxy) is 2. The first-order valence-electron chi connectivity index (χ1n) is 5.60. The lowest BCUT2D eigenvalue weighted by Gasteiger charge is -2.18. The van der Waals surface area contributed by atoms with Crippen LogP contribution in [0.5, 0.6) is 0 Å². The normalized spacial score (nSPS) is 14.3. The third-order valence-electron chi connectivity index (χ3n) is 1.98. The summed E-state index contributed by atoms with van der Waals surface area (Å²) in [5, 5.41) is 11.2. The van der Waals surface area contributed by atoms with Crippen molar-refractivity contribution in [3.8, 4) is 0 Å². The maximum Gasteiger partial charge on any atom is 0.415 e. The molecule has 0 unspecified atom stereocenters. The molecule has 0 saturated carbocycles. The molecule has 0 aliphatic rings. The summed E-state index contributed by atoms with van der Waals surface area (Å²) in [6, 6.07) is 0. The Labute approximate surface area is 99.1 Å². The van der Waals surface area contributed by atoms with Crippen LogP contribution in [0, 0.1) is 0 Å². The van der Waals surface area contributed by atoms with E-state index in [2.05, 4.69) is 5.32 Å². The average Bonchev–Trinajstić information content (AvgIpc) is 2.23. The summed E-state index contributed by atoms with van der Waals surface area (Å²) in [5.41, 5.74) is 0. The van der Waals surface area contributed by atoms with Crippen molar-refractivity contribution < 1.29 is 27.8 Å². The summed E-state index contributed by atoms with van der Waals surface area (Å²) in [5.74, 6) is 0. The molecule has 0 fully saturated rings. The standard InChI is InChI=1S/C10H20F3NO3/c1-3-16-9(17-4-2)5-6-14-7-8(15)10(11,12)13/h8-9,14-15H,3-7H2,1-2H3/t8-/m1/s1. The van der Waals surface area contributed by atoms with Crippen molar-refractivity contribution in [3.05, 3.63) is 0 Å². The van der Waals surface area contributed by atoms with E-state index < -0.39 is 25.1 Å². The molecule has 0 rings (SSSR count). The number of hydrogen-bond acceptors (Lipinski definition) is 4. The van der Waals surface area contributed by atoms with Gasteiger partial charge in [-0.15, -0.1) is 0 Å². The Balaban J connectivity index is 3.67. The minimum absolute atomic E-state index is 0.289. The SMILES string of the molecule is CCOC(CCNC[C@@H](O)C(F)(F)F)OCC. The Morgan fingerprint density at radius 2 is 1.71 bits per heavy atom. The summed E-state index contributed by atoms with van der Waals surface area (Å²) in [7, 11) is 0. The Kier molecular flexibility index (Phi) is 8.49. The summed E-state index contributed by atoms with van der Waals surface area (Å²) in [6.45, 7) is 4.36. The monoisotopic (exact) mass is 259 g/mol. The van der Waals surface area contributed by atoms with Crippen molar-refractivity contribution >= 4 is 0 Å². The Hall–Kier alpha value is -0.370. The van der Waals surface area contributed by atoms with Gasteiger partial charge in [-0.1, -0.05) is 0 Å². The molecule has 17 heavy (non-hydrogen) atoms. The summed E-state index contributed by atoms with van der Waals surface area (Å²) in [6.07, 6.45) is -6.89. The minimum atomic E-state index is -4.58. The van der Waals surface area contributed by atoms with E-state index in [9.17, 15) is 13.2 Å². The van der Waals surface area contributed by atoms with Gasteiger partial charge in [0.15, 0.2) is 12.4 Å². The number of rotatable bonds is 9. The molecule has 0 radical (unpaired) electrons. The third-order valence-corrected chi connectivity index (χ3v) is 1.98. The molecule has 2 N–H and O–H groups in total. The molecule has 0 heterocycles. The molecule has 4 nitrogen and oxygen atoms in total. The zero-order valence-corrected chi connectivity index (χ0v) is 10.1. The van der Waals surface area contributed by atoms with Gasteiger partial charge in [0.05, 0.1) is 0 Å². The fourth-order valence-corrected chi connectivity index (χ4v) is 1.16. The van der Waals surface area contributed by atoms with E-state index in [0.717, 1.165) is 0 Å². The van der Waals surface area contributed by atoms with Gasteiger partial charge in [0.2, 0.25) is 0 Å². The van der Waals surface area contributed by atoms with Crippen LogP contribution in [0.25, 0.3) is 0 Å². The van der Waals surface area contributed by atoms with E-state index in [0.29, 0.717) is 19.6 Å². The largest absolute Gasteiger partial charge is 0.415 e. The van der Waals surface area contributed by atoms with Crippen LogP contribution in [0.3, 0.4) is 0 Å². The van der Waals surface area contributed by atoms with E-state index in [-0.39, 0.29) is 6.54 Å². The predicted octanol–water partition coefficient (Wildman–Crippen LogP) is 1.29. The number of hydrogen-bond donors (Lipinski definition) is 2. The predicted molar refractivity (Wildman–Crippen MR) is 56.6 cm³/mol. The van der Waals surface area contributed by atoms with E-state index in [1.54, 1.807) is 0 Å². The molecule has 0 aliphatic carbocycles. The first kappa shape index (κ1) is 16.6. The lowest BCUT2D eigenvalue weighted by molar-refractivity contribution is -0.202. The highest BCUT2D eigenvalue weighted by atomic mass is 19.4. The second kappa shape index (κ2) is 8.68. The molecule has 1 atom stereocenters. The van der Waals surface area contributed by atoms with Crippen LogP contribution in [-0.2, 0) is 9.47 Å². The Morgan fingerprint density at radius 3 is 2.12 bits per heavy atom. The molecule has 7 heteroatoms. The smallest absolute Gasteiger partial charge is 0.382 e. The second-order valence-electron chi connectivity index (χ2n) is 3.39. The molecule has 0 aromatic heterocycles. The molecular formula is C10H20F3NO3. The summed E-state index contributed by atoms with van der Waals surface area (Å²) in [4.78, 5) is 0. The highest BCUT2D eigenvalue weighted by Gasteiger charge is 2.37. The molecule has 0 saturated heterocycles. The topological polar surface area (TPSA) is 50.7 Å².